The van der Waals surface area contributed by atoms with Gasteiger partial charge in [0.05, 0.1) is 18.8 Å². The van der Waals surface area contributed by atoms with Gasteiger partial charge in [0.25, 0.3) is 5.92 Å². The molecule has 0 fully saturated rings. The van der Waals surface area contributed by atoms with Crippen LogP contribution in [0.2, 0.25) is 0 Å². The van der Waals surface area contributed by atoms with Crippen LogP contribution in [0.25, 0.3) is 0 Å². The zero-order valence-electron chi connectivity index (χ0n) is 11.1. The highest BCUT2D eigenvalue weighted by molar-refractivity contribution is 5.49. The Balaban J connectivity index is 3.39. The van der Waals surface area contributed by atoms with Crippen LogP contribution in [0.1, 0.15) is 29.7 Å². The molecule has 1 aromatic rings. The maximum absolute atomic E-state index is 13.5. The van der Waals surface area contributed by atoms with Gasteiger partial charge in [0.15, 0.2) is 0 Å². The number of hydrogen-bond donors (Lipinski definition) is 2. The molecule has 1 atom stereocenters. The highest BCUT2D eigenvalue weighted by Crippen LogP contribution is 2.40. The van der Waals surface area contributed by atoms with E-state index in [1.54, 1.807) is 20.0 Å². The van der Waals surface area contributed by atoms with Crippen molar-refractivity contribution in [2.24, 2.45) is 0 Å². The lowest BCUT2D eigenvalue weighted by Gasteiger charge is -2.22. The minimum atomic E-state index is -3.01. The fourth-order valence-electron chi connectivity index (χ4n) is 1.97. The normalized spacial score (nSPS) is 13.5. The van der Waals surface area contributed by atoms with Crippen LogP contribution in [-0.2, 0) is 5.92 Å². The van der Waals surface area contributed by atoms with Crippen molar-refractivity contribution in [2.75, 3.05) is 20.7 Å². The summed E-state index contributed by atoms with van der Waals surface area (Å²) in [4.78, 5) is 0. The maximum Gasteiger partial charge on any atom is 0.274 e. The molecule has 1 unspecified atom stereocenters. The molecule has 0 aliphatic carbocycles. The van der Waals surface area contributed by atoms with Gasteiger partial charge in [0.2, 0.25) is 0 Å². The number of benzene rings is 1. The lowest BCUT2D eigenvalue weighted by Crippen LogP contribution is -2.20. The average Bonchev–Trinajstić information content (AvgIpc) is 2.26. The number of methoxy groups -OCH3 is 1. The second kappa shape index (κ2) is 5.63. The topological polar surface area (TPSA) is 41.5 Å². The van der Waals surface area contributed by atoms with E-state index in [2.05, 4.69) is 5.32 Å². The summed E-state index contributed by atoms with van der Waals surface area (Å²) in [6.45, 7) is 2.85. The summed E-state index contributed by atoms with van der Waals surface area (Å²) in [6.07, 6.45) is -0.882. The first-order chi connectivity index (χ1) is 8.32. The number of ether oxygens (including phenoxy) is 1. The van der Waals surface area contributed by atoms with Gasteiger partial charge in [-0.3, -0.25) is 0 Å². The third-order valence-electron chi connectivity index (χ3n) is 2.82. The Kier molecular flexibility index (Phi) is 4.65. The molecule has 102 valence electrons. The lowest BCUT2D eigenvalue weighted by atomic mass is 9.96. The Labute approximate surface area is 106 Å². The van der Waals surface area contributed by atoms with E-state index in [0.717, 1.165) is 12.5 Å². The standard InChI is InChI=1S/C13H19F2NO2/c1-8-5-6-9(13(2,14)15)12(18-4)11(8)10(17)7-16-3/h5-6,10,16-17H,7H2,1-4H3. The van der Waals surface area contributed by atoms with E-state index in [1.165, 1.54) is 13.2 Å². The maximum atomic E-state index is 13.5. The van der Waals surface area contributed by atoms with E-state index >= 15 is 0 Å². The molecule has 1 aromatic carbocycles. The second-order valence-electron chi connectivity index (χ2n) is 4.34. The molecule has 0 radical (unpaired) electrons. The van der Waals surface area contributed by atoms with E-state index in [-0.39, 0.29) is 17.9 Å². The van der Waals surface area contributed by atoms with E-state index in [0.29, 0.717) is 5.56 Å². The summed E-state index contributed by atoms with van der Waals surface area (Å²) in [6, 6.07) is 2.91. The molecule has 1 rings (SSSR count). The van der Waals surface area contributed by atoms with Gasteiger partial charge in [0, 0.05) is 19.0 Å². The van der Waals surface area contributed by atoms with Crippen molar-refractivity contribution in [3.8, 4) is 5.75 Å². The van der Waals surface area contributed by atoms with Crippen molar-refractivity contribution >= 4 is 0 Å². The zero-order chi connectivity index (χ0) is 13.9. The SMILES string of the molecule is CNCC(O)c1c(C)ccc(C(C)(F)F)c1OC. The average molecular weight is 259 g/mol. The fraction of sp³-hybridized carbons (Fsp3) is 0.538. The first-order valence-corrected chi connectivity index (χ1v) is 5.71. The van der Waals surface area contributed by atoms with Crippen LogP contribution in [-0.4, -0.2) is 25.8 Å². The number of aliphatic hydroxyl groups excluding tert-OH is 1. The summed E-state index contributed by atoms with van der Waals surface area (Å²) in [5.74, 6) is -2.95. The highest BCUT2D eigenvalue weighted by atomic mass is 19.3. The molecule has 0 saturated heterocycles. The van der Waals surface area contributed by atoms with Crippen LogP contribution in [0.4, 0.5) is 8.78 Å². The van der Waals surface area contributed by atoms with Crippen LogP contribution in [0.5, 0.6) is 5.75 Å². The molecule has 3 nitrogen and oxygen atoms in total. The van der Waals surface area contributed by atoms with Gasteiger partial charge in [-0.1, -0.05) is 6.07 Å². The number of halogens is 2. The summed E-state index contributed by atoms with van der Waals surface area (Å²) in [5, 5.41) is 12.8. The minimum absolute atomic E-state index is 0.0604. The van der Waals surface area contributed by atoms with Gasteiger partial charge < -0.3 is 15.2 Å². The Morgan fingerprint density at radius 3 is 2.50 bits per heavy atom. The van der Waals surface area contributed by atoms with Gasteiger partial charge in [-0.25, -0.2) is 8.78 Å². The van der Waals surface area contributed by atoms with E-state index in [1.807, 2.05) is 0 Å². The number of aliphatic hydroxyl groups is 1. The zero-order valence-corrected chi connectivity index (χ0v) is 11.1. The van der Waals surface area contributed by atoms with Crippen molar-refractivity contribution in [3.05, 3.63) is 28.8 Å². The summed E-state index contributed by atoms with van der Waals surface area (Å²) in [5.41, 5.74) is 0.925. The van der Waals surface area contributed by atoms with E-state index in [4.69, 9.17) is 4.74 Å². The molecular formula is C13H19F2NO2. The molecule has 0 bridgehead atoms. The van der Waals surface area contributed by atoms with Gasteiger partial charge in [-0.2, -0.15) is 0 Å². The van der Waals surface area contributed by atoms with Gasteiger partial charge in [-0.15, -0.1) is 0 Å². The van der Waals surface area contributed by atoms with Crippen LogP contribution in [0.3, 0.4) is 0 Å². The van der Waals surface area contributed by atoms with Crippen LogP contribution in [0, 0.1) is 6.92 Å². The molecule has 2 N–H and O–H groups in total. The quantitative estimate of drug-likeness (QED) is 0.853. The summed E-state index contributed by atoms with van der Waals surface area (Å²) >= 11 is 0. The molecular weight excluding hydrogens is 240 g/mol. The van der Waals surface area contributed by atoms with Crippen LogP contribution >= 0.6 is 0 Å². The monoisotopic (exact) mass is 259 g/mol. The smallest absolute Gasteiger partial charge is 0.274 e. The summed E-state index contributed by atoms with van der Waals surface area (Å²) < 4.78 is 32.1. The van der Waals surface area contributed by atoms with E-state index in [9.17, 15) is 13.9 Å². The Morgan fingerprint density at radius 1 is 1.44 bits per heavy atom. The molecule has 0 spiro atoms. The largest absolute Gasteiger partial charge is 0.496 e. The molecule has 0 aliphatic heterocycles. The number of aryl methyl sites for hydroxylation is 1. The number of rotatable bonds is 5. The lowest BCUT2D eigenvalue weighted by molar-refractivity contribution is 0.0146. The molecule has 0 amide bonds. The van der Waals surface area contributed by atoms with Crippen molar-refractivity contribution in [2.45, 2.75) is 25.9 Å². The van der Waals surface area contributed by atoms with Crippen molar-refractivity contribution in [1.29, 1.82) is 0 Å². The van der Waals surface area contributed by atoms with Crippen molar-refractivity contribution in [1.82, 2.24) is 5.32 Å². The Hall–Kier alpha value is -1.20. The van der Waals surface area contributed by atoms with Crippen molar-refractivity contribution in [3.63, 3.8) is 0 Å². The van der Waals surface area contributed by atoms with Crippen LogP contribution in [0.15, 0.2) is 12.1 Å². The minimum Gasteiger partial charge on any atom is -0.496 e. The molecule has 5 heteroatoms. The first kappa shape index (κ1) is 14.9. The second-order valence-corrected chi connectivity index (χ2v) is 4.34. The molecule has 0 saturated carbocycles. The van der Waals surface area contributed by atoms with Crippen molar-refractivity contribution < 1.29 is 18.6 Å². The predicted octanol–water partition coefficient (Wildman–Crippen LogP) is 2.37. The van der Waals surface area contributed by atoms with Gasteiger partial charge in [0.1, 0.15) is 5.75 Å². The third kappa shape index (κ3) is 2.97. The van der Waals surface area contributed by atoms with Gasteiger partial charge >= 0.3 is 0 Å². The number of likely N-dealkylation sites (N-methyl/N-ethyl adjacent to an activating group) is 1. The van der Waals surface area contributed by atoms with Crippen LogP contribution < -0.4 is 10.1 Å². The van der Waals surface area contributed by atoms with Gasteiger partial charge in [-0.05, 0) is 25.6 Å². The third-order valence-corrected chi connectivity index (χ3v) is 2.82. The molecule has 0 aromatic heterocycles. The number of nitrogens with one attached hydrogen (secondary N) is 1. The highest BCUT2D eigenvalue weighted by Gasteiger charge is 2.31. The number of hydrogen-bond acceptors (Lipinski definition) is 3. The number of alkyl halides is 2. The molecule has 18 heavy (non-hydrogen) atoms. The van der Waals surface area contributed by atoms with E-state index < -0.39 is 12.0 Å². The summed E-state index contributed by atoms with van der Waals surface area (Å²) in [7, 11) is 3.02. The molecule has 0 aliphatic rings. The Bertz CT molecular complexity index is 416. The first-order valence-electron chi connectivity index (χ1n) is 5.71. The predicted molar refractivity (Wildman–Crippen MR) is 66.2 cm³/mol. The Morgan fingerprint density at radius 2 is 2.06 bits per heavy atom. The molecule has 0 heterocycles. The fourth-order valence-corrected chi connectivity index (χ4v) is 1.97.